The van der Waals surface area contributed by atoms with Gasteiger partial charge in [0, 0.05) is 31.3 Å². The monoisotopic (exact) mass is 216 g/mol. The van der Waals surface area contributed by atoms with E-state index in [0.717, 1.165) is 18.8 Å². The number of nitrogens with zero attached hydrogens (tertiary/aromatic N) is 1. The normalized spacial score (nSPS) is 25.6. The molecule has 82 valence electrons. The summed E-state index contributed by atoms with van der Waals surface area (Å²) >= 11 is 1.94. The molecule has 0 radical (unpaired) electrons. The number of carbonyl (C=O) groups excluding carboxylic acids is 1. The summed E-state index contributed by atoms with van der Waals surface area (Å²) in [6, 6.07) is -0.0197. The highest BCUT2D eigenvalue weighted by Gasteiger charge is 2.19. The third-order valence-corrected chi connectivity index (χ3v) is 3.57. The molecule has 0 aromatic heterocycles. The summed E-state index contributed by atoms with van der Waals surface area (Å²) in [4.78, 5) is 13.7. The van der Waals surface area contributed by atoms with E-state index >= 15 is 0 Å². The molecule has 0 saturated carbocycles. The number of rotatable bonds is 2. The predicted molar refractivity (Wildman–Crippen MR) is 61.3 cm³/mol. The maximum absolute atomic E-state index is 11.7. The summed E-state index contributed by atoms with van der Waals surface area (Å²) in [5.74, 6) is 3.06. The second-order valence-electron chi connectivity index (χ2n) is 4.20. The Morgan fingerprint density at radius 3 is 3.07 bits per heavy atom. The van der Waals surface area contributed by atoms with Crippen LogP contribution < -0.4 is 5.73 Å². The zero-order valence-electron chi connectivity index (χ0n) is 9.03. The van der Waals surface area contributed by atoms with Crippen molar-refractivity contribution in [2.24, 2.45) is 11.7 Å². The third kappa shape index (κ3) is 3.88. The number of hydrogen-bond acceptors (Lipinski definition) is 3. The van der Waals surface area contributed by atoms with E-state index in [-0.39, 0.29) is 11.9 Å². The molecule has 1 rings (SSSR count). The van der Waals surface area contributed by atoms with Crippen LogP contribution in [0.3, 0.4) is 0 Å². The van der Waals surface area contributed by atoms with Crippen LogP contribution >= 0.6 is 11.8 Å². The fourth-order valence-electron chi connectivity index (χ4n) is 1.61. The molecule has 2 atom stereocenters. The van der Waals surface area contributed by atoms with Crippen molar-refractivity contribution >= 4 is 17.7 Å². The van der Waals surface area contributed by atoms with Crippen LogP contribution in [-0.4, -0.2) is 41.4 Å². The Morgan fingerprint density at radius 2 is 2.43 bits per heavy atom. The fraction of sp³-hybridized carbons (Fsp3) is 0.900. The van der Waals surface area contributed by atoms with Crippen molar-refractivity contribution in [1.82, 2.24) is 4.90 Å². The molecule has 1 saturated heterocycles. The number of amides is 1. The Bertz CT molecular complexity index is 197. The average molecular weight is 216 g/mol. The number of nitrogens with two attached hydrogens (primary N) is 1. The minimum Gasteiger partial charge on any atom is -0.342 e. The van der Waals surface area contributed by atoms with Gasteiger partial charge in [0.1, 0.15) is 0 Å². The van der Waals surface area contributed by atoms with Gasteiger partial charge in [0.2, 0.25) is 5.91 Å². The molecule has 0 aliphatic carbocycles. The van der Waals surface area contributed by atoms with E-state index in [1.54, 1.807) is 0 Å². The van der Waals surface area contributed by atoms with E-state index in [0.29, 0.717) is 12.3 Å². The molecule has 2 N–H and O–H groups in total. The van der Waals surface area contributed by atoms with Crippen molar-refractivity contribution in [2.75, 3.05) is 24.6 Å². The van der Waals surface area contributed by atoms with Gasteiger partial charge in [0.25, 0.3) is 0 Å². The lowest BCUT2D eigenvalue weighted by molar-refractivity contribution is -0.131. The average Bonchev–Trinajstić information content (AvgIpc) is 2.28. The van der Waals surface area contributed by atoms with E-state index in [9.17, 15) is 4.79 Å². The maximum Gasteiger partial charge on any atom is 0.224 e. The van der Waals surface area contributed by atoms with Gasteiger partial charge in [-0.25, -0.2) is 0 Å². The van der Waals surface area contributed by atoms with Gasteiger partial charge < -0.3 is 10.6 Å². The van der Waals surface area contributed by atoms with Crippen molar-refractivity contribution < 1.29 is 4.79 Å². The van der Waals surface area contributed by atoms with Crippen molar-refractivity contribution in [3.63, 3.8) is 0 Å². The van der Waals surface area contributed by atoms with E-state index in [2.05, 4.69) is 6.92 Å². The van der Waals surface area contributed by atoms with Gasteiger partial charge in [0.15, 0.2) is 0 Å². The highest BCUT2D eigenvalue weighted by Crippen LogP contribution is 2.15. The van der Waals surface area contributed by atoms with Gasteiger partial charge in [-0.05, 0) is 18.6 Å². The number of hydrogen-bond donors (Lipinski definition) is 1. The summed E-state index contributed by atoms with van der Waals surface area (Å²) in [6.07, 6.45) is 0.484. The van der Waals surface area contributed by atoms with Gasteiger partial charge >= 0.3 is 0 Å². The first-order valence-corrected chi connectivity index (χ1v) is 6.36. The molecule has 1 amide bonds. The summed E-state index contributed by atoms with van der Waals surface area (Å²) in [6.45, 7) is 5.87. The first-order chi connectivity index (χ1) is 6.59. The zero-order valence-corrected chi connectivity index (χ0v) is 9.85. The Hall–Kier alpha value is -0.220. The van der Waals surface area contributed by atoms with E-state index in [1.807, 2.05) is 23.6 Å². The third-order valence-electron chi connectivity index (χ3n) is 2.29. The van der Waals surface area contributed by atoms with Crippen LogP contribution in [0.1, 0.15) is 20.3 Å². The molecule has 14 heavy (non-hydrogen) atoms. The number of thioether (sulfide) groups is 1. The predicted octanol–water partition coefficient (Wildman–Crippen LogP) is 0.935. The van der Waals surface area contributed by atoms with Crippen molar-refractivity contribution in [3.8, 4) is 0 Å². The molecular formula is C10H20N2OS. The second-order valence-corrected chi connectivity index (χ2v) is 5.35. The molecule has 0 spiro atoms. The molecule has 2 unspecified atom stereocenters. The highest BCUT2D eigenvalue weighted by atomic mass is 32.2. The van der Waals surface area contributed by atoms with E-state index < -0.39 is 0 Å². The molecule has 1 aliphatic rings. The van der Waals surface area contributed by atoms with Crippen molar-refractivity contribution in [3.05, 3.63) is 0 Å². The quantitative estimate of drug-likeness (QED) is 0.747. The minimum atomic E-state index is -0.0197. The second kappa shape index (κ2) is 5.61. The van der Waals surface area contributed by atoms with Crippen LogP contribution in [-0.2, 0) is 4.79 Å². The molecule has 4 heteroatoms. The van der Waals surface area contributed by atoms with Crippen LogP contribution in [0.25, 0.3) is 0 Å². The Labute approximate surface area is 90.4 Å². The van der Waals surface area contributed by atoms with Crippen LogP contribution in [0, 0.1) is 5.92 Å². The van der Waals surface area contributed by atoms with Crippen molar-refractivity contribution in [2.45, 2.75) is 26.3 Å². The fourth-order valence-corrected chi connectivity index (χ4v) is 2.63. The Balaban J connectivity index is 2.44. The summed E-state index contributed by atoms with van der Waals surface area (Å²) in [5.41, 5.74) is 5.62. The topological polar surface area (TPSA) is 46.3 Å². The first-order valence-electron chi connectivity index (χ1n) is 5.20. The lowest BCUT2D eigenvalue weighted by atomic mass is 10.1. The molecule has 1 aliphatic heterocycles. The largest absolute Gasteiger partial charge is 0.342 e. The summed E-state index contributed by atoms with van der Waals surface area (Å²) in [7, 11) is 0. The highest BCUT2D eigenvalue weighted by molar-refractivity contribution is 7.99. The van der Waals surface area contributed by atoms with E-state index in [1.165, 1.54) is 5.75 Å². The Kier molecular flexibility index (Phi) is 4.75. The number of carbonyl (C=O) groups is 1. The smallest absolute Gasteiger partial charge is 0.224 e. The van der Waals surface area contributed by atoms with Crippen LogP contribution in [0.4, 0.5) is 0 Å². The van der Waals surface area contributed by atoms with E-state index in [4.69, 9.17) is 5.73 Å². The Morgan fingerprint density at radius 1 is 1.71 bits per heavy atom. The van der Waals surface area contributed by atoms with Crippen LogP contribution in [0.15, 0.2) is 0 Å². The molecule has 3 nitrogen and oxygen atoms in total. The maximum atomic E-state index is 11.7. The molecule has 0 bridgehead atoms. The molecule has 1 fully saturated rings. The lowest BCUT2D eigenvalue weighted by Crippen LogP contribution is -2.38. The first kappa shape index (κ1) is 11.9. The summed E-state index contributed by atoms with van der Waals surface area (Å²) in [5, 5.41) is 0. The molecule has 0 aromatic carbocycles. The van der Waals surface area contributed by atoms with Crippen LogP contribution in [0.2, 0.25) is 0 Å². The minimum absolute atomic E-state index is 0.0197. The zero-order chi connectivity index (χ0) is 10.6. The standard InChI is InChI=1S/C10H20N2OS/c1-8-6-12(3-4-14-7-8)10(13)5-9(2)11/h8-9H,3-7,11H2,1-2H3. The van der Waals surface area contributed by atoms with Gasteiger partial charge in [-0.1, -0.05) is 6.92 Å². The van der Waals surface area contributed by atoms with Gasteiger partial charge in [-0.15, -0.1) is 0 Å². The summed E-state index contributed by atoms with van der Waals surface area (Å²) < 4.78 is 0. The van der Waals surface area contributed by atoms with Crippen molar-refractivity contribution in [1.29, 1.82) is 0 Å². The molecule has 0 aromatic rings. The SMILES string of the molecule is CC(N)CC(=O)N1CCSCC(C)C1. The lowest BCUT2D eigenvalue weighted by Gasteiger charge is -2.23. The molecular weight excluding hydrogens is 196 g/mol. The molecule has 1 heterocycles. The van der Waals surface area contributed by atoms with Gasteiger partial charge in [-0.2, -0.15) is 11.8 Å². The van der Waals surface area contributed by atoms with Gasteiger partial charge in [0.05, 0.1) is 0 Å². The van der Waals surface area contributed by atoms with Gasteiger partial charge in [-0.3, -0.25) is 4.79 Å². The van der Waals surface area contributed by atoms with Crippen LogP contribution in [0.5, 0.6) is 0 Å².